The number of hydrogen-bond acceptors (Lipinski definition) is 4. The van der Waals surface area contributed by atoms with Crippen molar-refractivity contribution in [3.05, 3.63) is 59.7 Å². The van der Waals surface area contributed by atoms with Crippen molar-refractivity contribution in [3.63, 3.8) is 0 Å². The average molecular weight is 451 g/mol. The summed E-state index contributed by atoms with van der Waals surface area (Å²) in [5.74, 6) is 0.147. The Morgan fingerprint density at radius 1 is 0.690 bits per heavy atom. The Kier molecular flexibility index (Phi) is 9.83. The van der Waals surface area contributed by atoms with Gasteiger partial charge in [-0.05, 0) is 59.4 Å². The van der Waals surface area contributed by atoms with E-state index in [0.29, 0.717) is 12.8 Å². The van der Waals surface area contributed by atoms with Crippen molar-refractivity contribution in [2.45, 2.75) is 26.7 Å². The monoisotopic (exact) mass is 451 g/mol. The molecule has 2 rings (SSSR count). The van der Waals surface area contributed by atoms with Crippen LogP contribution in [0.25, 0.3) is 11.1 Å². The molecule has 0 aliphatic rings. The molecule has 0 radical (unpaired) electrons. The Labute approximate surface area is 191 Å². The topological polar surface area (TPSA) is 134 Å². The molecule has 0 atom stereocenters. The van der Waals surface area contributed by atoms with Gasteiger partial charge >= 0.3 is 45.2 Å². The number of phosphoric ester groups is 2. The zero-order chi connectivity index (χ0) is 20.9. The SMILES string of the molecule is CC/C(=C(/CC)c1ccc(OP(=O)(O)O)cc1)c1ccc(OP(=O)(O)O)cc1.[Na+]. The zero-order valence-corrected chi connectivity index (χ0v) is 20.1. The second-order valence-electron chi connectivity index (χ2n) is 5.88. The average Bonchev–Trinajstić information content (AvgIpc) is 2.59. The van der Waals surface area contributed by atoms with Crippen LogP contribution in [0.3, 0.4) is 0 Å². The van der Waals surface area contributed by atoms with Crippen LogP contribution in [0.5, 0.6) is 11.5 Å². The Bertz CT molecular complexity index is 852. The zero-order valence-electron chi connectivity index (χ0n) is 16.3. The summed E-state index contributed by atoms with van der Waals surface area (Å²) in [6.45, 7) is 3.99. The predicted molar refractivity (Wildman–Crippen MR) is 106 cm³/mol. The quantitative estimate of drug-likeness (QED) is 0.269. The molecule has 0 fully saturated rings. The molecule has 0 bridgehead atoms. The predicted octanol–water partition coefficient (Wildman–Crippen LogP) is 1.36. The minimum atomic E-state index is -4.61. The van der Waals surface area contributed by atoms with Gasteiger partial charge in [0.15, 0.2) is 0 Å². The molecule has 0 aliphatic heterocycles. The molecule has 0 aliphatic carbocycles. The molecule has 29 heavy (non-hydrogen) atoms. The minimum absolute atomic E-state index is 0. The molecule has 0 saturated carbocycles. The van der Waals surface area contributed by atoms with E-state index >= 15 is 0 Å². The van der Waals surface area contributed by atoms with E-state index in [9.17, 15) is 9.13 Å². The summed E-state index contributed by atoms with van der Waals surface area (Å²) in [6, 6.07) is 12.9. The van der Waals surface area contributed by atoms with Crippen LogP contribution in [0.15, 0.2) is 48.5 Å². The Balaban J connectivity index is 0.00000420. The molecule has 0 unspecified atom stereocenters. The Hall–Kier alpha value is -0.920. The fourth-order valence-corrected chi connectivity index (χ4v) is 3.68. The minimum Gasteiger partial charge on any atom is -0.404 e. The van der Waals surface area contributed by atoms with Crippen molar-refractivity contribution in [1.82, 2.24) is 0 Å². The van der Waals surface area contributed by atoms with E-state index in [2.05, 4.69) is 9.05 Å². The van der Waals surface area contributed by atoms with E-state index in [1.807, 2.05) is 13.8 Å². The molecule has 2 aromatic carbocycles. The van der Waals surface area contributed by atoms with Gasteiger partial charge in [-0.3, -0.25) is 19.6 Å². The maximum atomic E-state index is 10.9. The molecular formula is C18H22NaO8P2+. The van der Waals surface area contributed by atoms with Crippen molar-refractivity contribution in [2.24, 2.45) is 0 Å². The van der Waals surface area contributed by atoms with Crippen LogP contribution in [0.2, 0.25) is 0 Å². The molecule has 0 heterocycles. The summed E-state index contributed by atoms with van der Waals surface area (Å²) in [6.07, 6.45) is 1.42. The second-order valence-corrected chi connectivity index (χ2v) is 8.20. The first kappa shape index (κ1) is 26.1. The molecule has 11 heteroatoms. The van der Waals surface area contributed by atoms with Crippen molar-refractivity contribution in [2.75, 3.05) is 0 Å². The first-order valence-electron chi connectivity index (χ1n) is 8.45. The number of allylic oxidation sites excluding steroid dienone is 2. The first-order valence-corrected chi connectivity index (χ1v) is 11.5. The molecule has 0 spiro atoms. The third-order valence-electron chi connectivity index (χ3n) is 3.93. The van der Waals surface area contributed by atoms with E-state index in [-0.39, 0.29) is 41.1 Å². The van der Waals surface area contributed by atoms with Crippen LogP contribution in [-0.2, 0) is 9.13 Å². The van der Waals surface area contributed by atoms with E-state index in [1.165, 1.54) is 24.3 Å². The van der Waals surface area contributed by atoms with E-state index < -0.39 is 15.6 Å². The van der Waals surface area contributed by atoms with Crippen LogP contribution in [0.4, 0.5) is 0 Å². The summed E-state index contributed by atoms with van der Waals surface area (Å²) in [5.41, 5.74) is 3.84. The summed E-state index contributed by atoms with van der Waals surface area (Å²) in [4.78, 5) is 35.5. The van der Waals surface area contributed by atoms with Crippen molar-refractivity contribution in [1.29, 1.82) is 0 Å². The Morgan fingerprint density at radius 2 is 0.966 bits per heavy atom. The fourth-order valence-electron chi connectivity index (χ4n) is 2.89. The van der Waals surface area contributed by atoms with Crippen LogP contribution < -0.4 is 38.6 Å². The van der Waals surface area contributed by atoms with Gasteiger partial charge in [-0.2, -0.15) is 0 Å². The molecule has 8 nitrogen and oxygen atoms in total. The van der Waals surface area contributed by atoms with E-state index in [0.717, 1.165) is 22.3 Å². The van der Waals surface area contributed by atoms with Crippen LogP contribution >= 0.6 is 15.6 Å². The van der Waals surface area contributed by atoms with E-state index in [1.54, 1.807) is 24.3 Å². The second kappa shape index (κ2) is 10.9. The van der Waals surface area contributed by atoms with Crippen LogP contribution in [0.1, 0.15) is 37.8 Å². The van der Waals surface area contributed by atoms with Gasteiger partial charge in [0.05, 0.1) is 0 Å². The van der Waals surface area contributed by atoms with Crippen molar-refractivity contribution < 1.29 is 67.3 Å². The largest absolute Gasteiger partial charge is 1.00 e. The summed E-state index contributed by atoms with van der Waals surface area (Å²) >= 11 is 0. The normalized spacial score (nSPS) is 12.6. The molecular weight excluding hydrogens is 429 g/mol. The number of benzene rings is 2. The van der Waals surface area contributed by atoms with Gasteiger partial charge in [-0.25, -0.2) is 9.13 Å². The summed E-state index contributed by atoms with van der Waals surface area (Å²) < 4.78 is 31.0. The van der Waals surface area contributed by atoms with Gasteiger partial charge in [0.2, 0.25) is 0 Å². The summed E-state index contributed by atoms with van der Waals surface area (Å²) in [5, 5.41) is 0. The number of phosphoric acid groups is 2. The molecule has 0 saturated heterocycles. The van der Waals surface area contributed by atoms with Gasteiger partial charge in [-0.1, -0.05) is 38.1 Å². The third kappa shape index (κ3) is 8.38. The van der Waals surface area contributed by atoms with Crippen LogP contribution in [0, 0.1) is 0 Å². The molecule has 0 aromatic heterocycles. The summed E-state index contributed by atoms with van der Waals surface area (Å²) in [7, 11) is -9.21. The standard InChI is InChI=1S/C18H22O8P2.Na/c1-3-17(13-5-9-15(10-6-13)25-27(19,20)21)18(4-2)14-7-11-16(12-8-14)26-28(22,23)24;/h5-12H,3-4H2,1-2H3,(H2,19,20,21)(H2,22,23,24);/q;+1/b18-17+;. The van der Waals surface area contributed by atoms with Gasteiger partial charge in [-0.15, -0.1) is 0 Å². The maximum absolute atomic E-state index is 10.9. The molecule has 152 valence electrons. The molecule has 0 amide bonds. The van der Waals surface area contributed by atoms with E-state index in [4.69, 9.17) is 19.6 Å². The van der Waals surface area contributed by atoms with Crippen molar-refractivity contribution >= 4 is 26.8 Å². The number of hydrogen-bond donors (Lipinski definition) is 4. The van der Waals surface area contributed by atoms with Gasteiger partial charge < -0.3 is 9.05 Å². The van der Waals surface area contributed by atoms with Gasteiger partial charge in [0, 0.05) is 0 Å². The number of rotatable bonds is 8. The third-order valence-corrected chi connectivity index (χ3v) is 4.82. The molecule has 2 aromatic rings. The first-order chi connectivity index (χ1) is 13.0. The van der Waals surface area contributed by atoms with Crippen molar-refractivity contribution in [3.8, 4) is 11.5 Å². The Morgan fingerprint density at radius 3 is 1.17 bits per heavy atom. The fraction of sp³-hybridized carbons (Fsp3) is 0.222. The smallest absolute Gasteiger partial charge is 0.404 e. The van der Waals surface area contributed by atoms with Crippen LogP contribution in [-0.4, -0.2) is 19.6 Å². The maximum Gasteiger partial charge on any atom is 1.00 e. The van der Waals surface area contributed by atoms with Gasteiger partial charge in [0.1, 0.15) is 11.5 Å². The molecule has 4 N–H and O–H groups in total. The van der Waals surface area contributed by atoms with Gasteiger partial charge in [0.25, 0.3) is 0 Å².